The van der Waals surface area contributed by atoms with Gasteiger partial charge in [0.25, 0.3) is 0 Å². The van der Waals surface area contributed by atoms with Gasteiger partial charge in [0.2, 0.25) is 0 Å². The number of hydrogen-bond acceptors (Lipinski definition) is 2. The van der Waals surface area contributed by atoms with Crippen molar-refractivity contribution in [1.82, 2.24) is 9.80 Å². The van der Waals surface area contributed by atoms with Crippen molar-refractivity contribution < 1.29 is 64.3 Å². The Bertz CT molecular complexity index is 311. The summed E-state index contributed by atoms with van der Waals surface area (Å²) in [5.41, 5.74) is -0.557. The maximum atomic E-state index is 12.5. The van der Waals surface area contributed by atoms with Crippen LogP contribution < -0.4 is 51.4 Å². The molecule has 2 aliphatic rings. The van der Waals surface area contributed by atoms with Gasteiger partial charge in [-0.25, -0.2) is 0 Å². The zero-order valence-corrected chi connectivity index (χ0v) is 15.6. The van der Waals surface area contributed by atoms with E-state index in [1.807, 2.05) is 4.90 Å². The molecule has 0 aliphatic carbocycles. The molecule has 0 spiro atoms. The smallest absolute Gasteiger partial charge is 0.445 e. The number of likely N-dealkylation sites (tertiary alicyclic amines) is 2. The van der Waals surface area contributed by atoms with Gasteiger partial charge in [0.15, 0.2) is 0 Å². The number of piperidine rings is 1. The zero-order valence-electron chi connectivity index (χ0n) is 12.5. The first-order chi connectivity index (χ1) is 8.95. The largest absolute Gasteiger partial charge is 1.00 e. The summed E-state index contributed by atoms with van der Waals surface area (Å²) in [6, 6.07) is 0. The Morgan fingerprint density at radius 2 is 1.55 bits per heavy atom. The third-order valence-corrected chi connectivity index (χ3v) is 4.31. The Morgan fingerprint density at radius 3 is 2.05 bits per heavy atom. The van der Waals surface area contributed by atoms with Crippen LogP contribution in [0, 0.1) is 5.92 Å². The summed E-state index contributed by atoms with van der Waals surface area (Å²) < 4.78 is 37.4. The van der Waals surface area contributed by atoms with E-state index in [0.29, 0.717) is 5.92 Å². The van der Waals surface area contributed by atoms with Gasteiger partial charge in [0, 0.05) is 6.54 Å². The van der Waals surface area contributed by atoms with Crippen molar-refractivity contribution >= 4 is 6.98 Å². The molecule has 7 heteroatoms. The molecule has 2 heterocycles. The van der Waals surface area contributed by atoms with Gasteiger partial charge >= 0.3 is 58.4 Å². The summed E-state index contributed by atoms with van der Waals surface area (Å²) in [6.45, 7) is 3.41. The van der Waals surface area contributed by atoms with Crippen molar-refractivity contribution in [2.24, 2.45) is 5.92 Å². The molecule has 2 nitrogen and oxygen atoms in total. The first-order valence-electron chi connectivity index (χ1n) is 7.27. The van der Waals surface area contributed by atoms with E-state index in [1.54, 1.807) is 0 Å². The van der Waals surface area contributed by atoms with E-state index in [-0.39, 0.29) is 57.9 Å². The van der Waals surface area contributed by atoms with Crippen LogP contribution in [0.3, 0.4) is 0 Å². The second-order valence-corrected chi connectivity index (χ2v) is 5.96. The molecule has 0 aromatic carbocycles. The van der Waals surface area contributed by atoms with Gasteiger partial charge in [0.1, 0.15) is 0 Å². The molecule has 0 saturated carbocycles. The fourth-order valence-electron chi connectivity index (χ4n) is 3.05. The molecule has 0 aromatic rings. The zero-order chi connectivity index (χ0) is 13.9. The van der Waals surface area contributed by atoms with Crippen LogP contribution in [-0.4, -0.2) is 56.0 Å². The standard InChI is InChI=1S/C13H23BF3N2.K/c1-12(14(15,16)17)10-19-8-4-13(5-9-19)11-18-6-2-3-7-18;/h13H,1-11H2;/q-1;+1. The summed E-state index contributed by atoms with van der Waals surface area (Å²) in [4.78, 5) is 4.40. The van der Waals surface area contributed by atoms with E-state index in [4.69, 9.17) is 0 Å². The topological polar surface area (TPSA) is 6.48 Å². The van der Waals surface area contributed by atoms with Gasteiger partial charge in [-0.3, -0.25) is 0 Å². The van der Waals surface area contributed by atoms with E-state index < -0.39 is 12.4 Å². The Morgan fingerprint density at radius 1 is 1.00 bits per heavy atom. The maximum Gasteiger partial charge on any atom is 1.00 e. The van der Waals surface area contributed by atoms with Crippen molar-refractivity contribution in [2.75, 3.05) is 39.3 Å². The van der Waals surface area contributed by atoms with Gasteiger partial charge in [-0.15, -0.1) is 12.1 Å². The molecule has 0 radical (unpaired) electrons. The Balaban J connectivity index is 0.00000200. The van der Waals surface area contributed by atoms with E-state index >= 15 is 0 Å². The average Bonchev–Trinajstić information content (AvgIpc) is 2.83. The molecule has 0 atom stereocenters. The Kier molecular flexibility index (Phi) is 8.35. The quantitative estimate of drug-likeness (QED) is 0.645. The van der Waals surface area contributed by atoms with Gasteiger partial charge in [0.05, 0.1) is 0 Å². The fraction of sp³-hybridized carbons (Fsp3) is 0.846. The molecule has 2 aliphatic heterocycles. The summed E-state index contributed by atoms with van der Waals surface area (Å²) in [5, 5.41) is 0. The van der Waals surface area contributed by atoms with Gasteiger partial charge in [-0.1, -0.05) is 0 Å². The number of rotatable bonds is 5. The second kappa shape index (κ2) is 8.70. The van der Waals surface area contributed by atoms with Crippen molar-refractivity contribution in [3.05, 3.63) is 12.1 Å². The summed E-state index contributed by atoms with van der Waals surface area (Å²) in [6.07, 6.45) is 4.64. The molecule has 2 rings (SSSR count). The van der Waals surface area contributed by atoms with E-state index in [2.05, 4.69) is 11.5 Å². The molecule has 0 unspecified atom stereocenters. The van der Waals surface area contributed by atoms with E-state index in [9.17, 15) is 12.9 Å². The van der Waals surface area contributed by atoms with Crippen LogP contribution in [0.15, 0.2) is 12.1 Å². The molecule has 0 amide bonds. The average molecular weight is 314 g/mol. The van der Waals surface area contributed by atoms with Crippen molar-refractivity contribution in [3.63, 3.8) is 0 Å². The molecule has 0 N–H and O–H groups in total. The molecule has 110 valence electrons. The van der Waals surface area contributed by atoms with Crippen LogP contribution in [0.4, 0.5) is 12.9 Å². The SMILES string of the molecule is C=C(CN1CCC(CN2CCCC2)CC1)[B-](F)(F)F.[K+]. The summed E-state index contributed by atoms with van der Waals surface area (Å²) in [7, 11) is 0. The van der Waals surface area contributed by atoms with Gasteiger partial charge in [-0.2, -0.15) is 0 Å². The molecule has 2 saturated heterocycles. The van der Waals surface area contributed by atoms with E-state index in [1.165, 1.54) is 25.9 Å². The Labute approximate surface area is 162 Å². The van der Waals surface area contributed by atoms with Crippen LogP contribution in [0.5, 0.6) is 0 Å². The molecular formula is C13H23BF3KN2. The first-order valence-corrected chi connectivity index (χ1v) is 7.27. The minimum Gasteiger partial charge on any atom is -0.445 e. The van der Waals surface area contributed by atoms with Crippen LogP contribution in [0.25, 0.3) is 0 Å². The minimum absolute atomic E-state index is 0. The third-order valence-electron chi connectivity index (χ3n) is 4.31. The van der Waals surface area contributed by atoms with Gasteiger partial charge < -0.3 is 22.7 Å². The molecule has 0 bridgehead atoms. The van der Waals surface area contributed by atoms with Crippen molar-refractivity contribution in [3.8, 4) is 0 Å². The normalized spacial score (nSPS) is 22.8. The minimum atomic E-state index is -4.87. The predicted molar refractivity (Wildman–Crippen MR) is 73.1 cm³/mol. The molecule has 0 aromatic heterocycles. The maximum absolute atomic E-state index is 12.5. The monoisotopic (exact) mass is 314 g/mol. The van der Waals surface area contributed by atoms with Crippen molar-refractivity contribution in [1.29, 1.82) is 0 Å². The number of nitrogens with zero attached hydrogens (tertiary/aromatic N) is 2. The molecule has 20 heavy (non-hydrogen) atoms. The summed E-state index contributed by atoms with van der Waals surface area (Å²) >= 11 is 0. The third kappa shape index (κ3) is 6.10. The second-order valence-electron chi connectivity index (χ2n) is 5.96. The van der Waals surface area contributed by atoms with Crippen LogP contribution in [0.2, 0.25) is 0 Å². The molecular weight excluding hydrogens is 291 g/mol. The Hall–Kier alpha value is 1.15. The van der Waals surface area contributed by atoms with E-state index in [0.717, 1.165) is 32.5 Å². The van der Waals surface area contributed by atoms with Crippen LogP contribution in [0.1, 0.15) is 25.7 Å². The van der Waals surface area contributed by atoms with Crippen molar-refractivity contribution in [2.45, 2.75) is 25.7 Å². The predicted octanol–water partition coefficient (Wildman–Crippen LogP) is -0.259. The van der Waals surface area contributed by atoms with Gasteiger partial charge in [-0.05, 0) is 64.3 Å². The van der Waals surface area contributed by atoms with Crippen LogP contribution in [-0.2, 0) is 0 Å². The molecule has 2 fully saturated rings. The number of hydrogen-bond donors (Lipinski definition) is 0. The van der Waals surface area contributed by atoms with Crippen LogP contribution >= 0.6 is 0 Å². The number of halogens is 3. The first kappa shape index (κ1) is 19.2. The fourth-order valence-corrected chi connectivity index (χ4v) is 3.05. The summed E-state index contributed by atoms with van der Waals surface area (Å²) in [5.74, 6) is 0.666.